The summed E-state index contributed by atoms with van der Waals surface area (Å²) in [6.07, 6.45) is 0.970. The van der Waals surface area contributed by atoms with Crippen LogP contribution in [0.5, 0.6) is 5.75 Å². The van der Waals surface area contributed by atoms with Crippen molar-refractivity contribution in [1.82, 2.24) is 4.90 Å². The van der Waals surface area contributed by atoms with Crippen molar-refractivity contribution < 1.29 is 19.1 Å². The molecule has 7 nitrogen and oxygen atoms in total. The van der Waals surface area contributed by atoms with Gasteiger partial charge in [-0.3, -0.25) is 9.59 Å². The molecule has 2 heterocycles. The molecule has 0 atom stereocenters. The summed E-state index contributed by atoms with van der Waals surface area (Å²) >= 11 is 0. The molecule has 3 rings (SSSR count). The molecule has 0 spiro atoms. The lowest BCUT2D eigenvalue weighted by atomic mass is 9.95. The number of phenolic OH excluding ortho intramolecular Hbond substituents is 1. The quantitative estimate of drug-likeness (QED) is 0.805. The van der Waals surface area contributed by atoms with Gasteiger partial charge in [-0.25, -0.2) is 4.79 Å². The van der Waals surface area contributed by atoms with Crippen LogP contribution in [0.4, 0.5) is 0 Å². The van der Waals surface area contributed by atoms with E-state index in [2.05, 4.69) is 0 Å². The Kier molecular flexibility index (Phi) is 4.71. The SMILES string of the molecule is Cc1cc(O)c2c(C)c(CC(=O)N3CCC(C(N)=O)CC3)c(=O)oc2c1. The maximum absolute atomic E-state index is 12.6. The Labute approximate surface area is 150 Å². The van der Waals surface area contributed by atoms with E-state index in [0.29, 0.717) is 42.5 Å². The lowest BCUT2D eigenvalue weighted by molar-refractivity contribution is -0.134. The molecule has 0 unspecified atom stereocenters. The van der Waals surface area contributed by atoms with Gasteiger partial charge in [-0.1, -0.05) is 0 Å². The number of nitrogens with zero attached hydrogens (tertiary/aromatic N) is 1. The second kappa shape index (κ2) is 6.82. The third-order valence-electron chi connectivity index (χ3n) is 5.08. The molecular weight excluding hydrogens is 336 g/mol. The molecule has 1 aliphatic rings. The van der Waals surface area contributed by atoms with Crippen molar-refractivity contribution in [2.45, 2.75) is 33.1 Å². The number of rotatable bonds is 3. The maximum atomic E-state index is 12.6. The molecule has 0 bridgehead atoms. The molecule has 1 aromatic heterocycles. The number of aryl methyl sites for hydroxylation is 2. The Morgan fingerprint density at radius 3 is 2.54 bits per heavy atom. The van der Waals surface area contributed by atoms with Crippen LogP contribution in [0.1, 0.15) is 29.5 Å². The second-order valence-corrected chi connectivity index (χ2v) is 6.88. The fourth-order valence-electron chi connectivity index (χ4n) is 3.54. The minimum Gasteiger partial charge on any atom is -0.507 e. The Hall–Kier alpha value is -2.83. The number of fused-ring (bicyclic) bond motifs is 1. The summed E-state index contributed by atoms with van der Waals surface area (Å²) in [6.45, 7) is 4.38. The van der Waals surface area contributed by atoms with E-state index in [0.717, 1.165) is 5.56 Å². The number of carbonyl (C=O) groups excluding carboxylic acids is 2. The number of piperidine rings is 1. The summed E-state index contributed by atoms with van der Waals surface area (Å²) in [6, 6.07) is 3.28. The molecule has 7 heteroatoms. The summed E-state index contributed by atoms with van der Waals surface area (Å²) < 4.78 is 5.32. The van der Waals surface area contributed by atoms with Crippen LogP contribution >= 0.6 is 0 Å². The number of aromatic hydroxyl groups is 1. The highest BCUT2D eigenvalue weighted by atomic mass is 16.4. The maximum Gasteiger partial charge on any atom is 0.340 e. The Morgan fingerprint density at radius 1 is 1.27 bits per heavy atom. The van der Waals surface area contributed by atoms with Gasteiger partial charge in [0.1, 0.15) is 11.3 Å². The van der Waals surface area contributed by atoms with Crippen LogP contribution in [0, 0.1) is 19.8 Å². The van der Waals surface area contributed by atoms with Crippen molar-refractivity contribution in [1.29, 1.82) is 0 Å². The molecule has 0 aliphatic carbocycles. The Morgan fingerprint density at radius 2 is 1.92 bits per heavy atom. The summed E-state index contributed by atoms with van der Waals surface area (Å²) in [4.78, 5) is 37.8. The predicted molar refractivity (Wildman–Crippen MR) is 95.8 cm³/mol. The van der Waals surface area contributed by atoms with Crippen LogP contribution in [-0.4, -0.2) is 34.9 Å². The molecule has 3 N–H and O–H groups in total. The van der Waals surface area contributed by atoms with Gasteiger partial charge in [0.25, 0.3) is 0 Å². The topological polar surface area (TPSA) is 114 Å². The summed E-state index contributed by atoms with van der Waals surface area (Å²) in [5.41, 5.74) is 6.62. The number of phenols is 1. The molecule has 26 heavy (non-hydrogen) atoms. The molecule has 2 amide bonds. The van der Waals surface area contributed by atoms with Gasteiger partial charge in [0.05, 0.1) is 17.4 Å². The van der Waals surface area contributed by atoms with Gasteiger partial charge in [-0.05, 0) is 49.9 Å². The normalized spacial score (nSPS) is 15.4. The third-order valence-corrected chi connectivity index (χ3v) is 5.08. The standard InChI is InChI=1S/C19H22N2O5/c1-10-7-14(22)17-11(2)13(19(25)26-15(17)8-10)9-16(23)21-5-3-12(4-6-21)18(20)24/h7-8,12,22H,3-6,9H2,1-2H3,(H2,20,24). The largest absolute Gasteiger partial charge is 0.507 e. The molecule has 2 aromatic rings. The van der Waals surface area contributed by atoms with Crippen LogP contribution in [0.25, 0.3) is 11.0 Å². The fraction of sp³-hybridized carbons (Fsp3) is 0.421. The van der Waals surface area contributed by atoms with Crippen LogP contribution in [-0.2, 0) is 16.0 Å². The van der Waals surface area contributed by atoms with Crippen molar-refractivity contribution in [2.75, 3.05) is 13.1 Å². The Bertz CT molecular complexity index is 939. The first-order valence-electron chi connectivity index (χ1n) is 8.61. The van der Waals surface area contributed by atoms with Gasteiger partial charge in [-0.2, -0.15) is 0 Å². The third kappa shape index (κ3) is 3.29. The summed E-state index contributed by atoms with van der Waals surface area (Å²) in [5, 5.41) is 10.7. The molecule has 1 fully saturated rings. The van der Waals surface area contributed by atoms with Gasteiger partial charge in [0, 0.05) is 19.0 Å². The zero-order valence-corrected chi connectivity index (χ0v) is 14.9. The van der Waals surface area contributed by atoms with Gasteiger partial charge < -0.3 is 20.2 Å². The van der Waals surface area contributed by atoms with E-state index in [4.69, 9.17) is 10.2 Å². The molecule has 1 aliphatic heterocycles. The van der Waals surface area contributed by atoms with E-state index in [1.165, 1.54) is 0 Å². The van der Waals surface area contributed by atoms with Gasteiger partial charge in [0.2, 0.25) is 11.8 Å². The number of amides is 2. The van der Waals surface area contributed by atoms with E-state index in [-0.39, 0.29) is 35.5 Å². The summed E-state index contributed by atoms with van der Waals surface area (Å²) in [5.74, 6) is -0.716. The zero-order chi connectivity index (χ0) is 19.0. The van der Waals surface area contributed by atoms with E-state index < -0.39 is 5.63 Å². The van der Waals surface area contributed by atoms with E-state index in [1.54, 1.807) is 30.9 Å². The van der Waals surface area contributed by atoms with E-state index in [9.17, 15) is 19.5 Å². The summed E-state index contributed by atoms with van der Waals surface area (Å²) in [7, 11) is 0. The highest BCUT2D eigenvalue weighted by Gasteiger charge is 2.27. The highest BCUT2D eigenvalue weighted by Crippen LogP contribution is 2.30. The van der Waals surface area contributed by atoms with Crippen LogP contribution in [0.2, 0.25) is 0 Å². The molecule has 1 saturated heterocycles. The number of benzene rings is 1. The molecule has 138 valence electrons. The minimum absolute atomic E-state index is 0.0252. The number of carbonyl (C=O) groups is 2. The molecule has 0 saturated carbocycles. The lowest BCUT2D eigenvalue weighted by Crippen LogP contribution is -2.42. The first-order valence-corrected chi connectivity index (χ1v) is 8.61. The van der Waals surface area contributed by atoms with Gasteiger partial charge >= 0.3 is 5.63 Å². The first-order chi connectivity index (χ1) is 12.3. The van der Waals surface area contributed by atoms with Crippen molar-refractivity contribution in [2.24, 2.45) is 11.7 Å². The van der Waals surface area contributed by atoms with Gasteiger partial charge in [-0.15, -0.1) is 0 Å². The minimum atomic E-state index is -0.569. The monoisotopic (exact) mass is 358 g/mol. The average Bonchev–Trinajstić information content (AvgIpc) is 2.57. The second-order valence-electron chi connectivity index (χ2n) is 6.88. The van der Waals surface area contributed by atoms with Crippen LogP contribution in [0.15, 0.2) is 21.3 Å². The number of likely N-dealkylation sites (tertiary alicyclic amines) is 1. The van der Waals surface area contributed by atoms with E-state index >= 15 is 0 Å². The van der Waals surface area contributed by atoms with E-state index in [1.807, 2.05) is 0 Å². The van der Waals surface area contributed by atoms with Crippen molar-refractivity contribution in [3.8, 4) is 5.75 Å². The molecule has 0 radical (unpaired) electrons. The zero-order valence-electron chi connectivity index (χ0n) is 14.9. The fourth-order valence-corrected chi connectivity index (χ4v) is 3.54. The number of hydrogen-bond donors (Lipinski definition) is 2. The highest BCUT2D eigenvalue weighted by molar-refractivity contribution is 5.89. The van der Waals surface area contributed by atoms with Crippen LogP contribution in [0.3, 0.4) is 0 Å². The smallest absolute Gasteiger partial charge is 0.340 e. The number of hydrogen-bond acceptors (Lipinski definition) is 5. The van der Waals surface area contributed by atoms with Crippen molar-refractivity contribution in [3.63, 3.8) is 0 Å². The molecular formula is C19H22N2O5. The average molecular weight is 358 g/mol. The number of primary amides is 1. The van der Waals surface area contributed by atoms with Crippen molar-refractivity contribution >= 4 is 22.8 Å². The van der Waals surface area contributed by atoms with Gasteiger partial charge in [0.15, 0.2) is 0 Å². The predicted octanol–water partition coefficient (Wildman–Crippen LogP) is 1.38. The van der Waals surface area contributed by atoms with Crippen LogP contribution < -0.4 is 11.4 Å². The number of nitrogens with two attached hydrogens (primary N) is 1. The van der Waals surface area contributed by atoms with Crippen molar-refractivity contribution in [3.05, 3.63) is 39.2 Å². The lowest BCUT2D eigenvalue weighted by Gasteiger charge is -2.30. The first kappa shape index (κ1) is 18.0. The molecule has 1 aromatic carbocycles. The Balaban J connectivity index is 1.86.